The Hall–Kier alpha value is -2.29. The van der Waals surface area contributed by atoms with E-state index < -0.39 is 9.85 Å². The van der Waals surface area contributed by atoms with Gasteiger partial charge in [0.1, 0.15) is 5.56 Å². The van der Waals surface area contributed by atoms with Crippen LogP contribution in [0.25, 0.3) is 0 Å². The number of nitrogens with one attached hydrogen (secondary N) is 1. The van der Waals surface area contributed by atoms with Gasteiger partial charge in [0.2, 0.25) is 0 Å². The molecule has 0 fully saturated rings. The highest BCUT2D eigenvalue weighted by atomic mass is 32.1. The molecule has 0 aliphatic carbocycles. The van der Waals surface area contributed by atoms with Gasteiger partial charge in [-0.15, -0.1) is 0 Å². The number of rotatable bonds is 3. The van der Waals surface area contributed by atoms with E-state index >= 15 is 0 Å². The molecule has 0 atom stereocenters. The van der Waals surface area contributed by atoms with Gasteiger partial charge in [0.15, 0.2) is 5.11 Å². The fourth-order valence-electron chi connectivity index (χ4n) is 1.28. The minimum atomic E-state index is -0.701. The zero-order valence-corrected chi connectivity index (χ0v) is 9.48. The summed E-state index contributed by atoms with van der Waals surface area (Å²) in [7, 11) is 0. The smallest absolute Gasteiger partial charge is 0.281 e. The van der Waals surface area contributed by atoms with E-state index in [0.29, 0.717) is 0 Å². The number of nitrogens with two attached hydrogens (primary N) is 1. The van der Waals surface area contributed by atoms with Gasteiger partial charge in [-0.1, -0.05) is 0 Å². The molecule has 17 heavy (non-hydrogen) atoms. The zero-order chi connectivity index (χ0) is 13.2. The van der Waals surface area contributed by atoms with Crippen molar-refractivity contribution < 1.29 is 9.85 Å². The van der Waals surface area contributed by atoms with Gasteiger partial charge in [0, 0.05) is 12.1 Å². The first-order valence-corrected chi connectivity index (χ1v) is 4.73. The van der Waals surface area contributed by atoms with Gasteiger partial charge < -0.3 is 11.1 Å². The third-order valence-electron chi connectivity index (χ3n) is 2.01. The number of hydrogen-bond donors (Lipinski definition) is 2. The summed E-state index contributed by atoms with van der Waals surface area (Å²) in [6.07, 6.45) is 0. The first-order chi connectivity index (χ1) is 7.82. The molecule has 0 heterocycles. The maximum Gasteiger partial charge on any atom is 0.281 e. The first kappa shape index (κ1) is 12.8. The van der Waals surface area contributed by atoms with Gasteiger partial charge in [0.05, 0.1) is 15.5 Å². The summed E-state index contributed by atoms with van der Waals surface area (Å²) in [6, 6.07) is 2.28. The van der Waals surface area contributed by atoms with Crippen molar-refractivity contribution in [1.82, 2.24) is 0 Å². The molecule has 0 unspecified atom stereocenters. The summed E-state index contributed by atoms with van der Waals surface area (Å²) >= 11 is 4.56. The molecule has 0 bridgehead atoms. The SMILES string of the molecule is Cc1c([N+](=O)[O-])cc(NC(N)=S)cc1[N+](=O)[O-]. The fourth-order valence-corrected chi connectivity index (χ4v) is 1.40. The van der Waals surface area contributed by atoms with Crippen LogP contribution in [-0.2, 0) is 0 Å². The lowest BCUT2D eigenvalue weighted by atomic mass is 10.1. The lowest BCUT2D eigenvalue weighted by Gasteiger charge is -2.05. The lowest BCUT2D eigenvalue weighted by molar-refractivity contribution is -0.395. The fraction of sp³-hybridized carbons (Fsp3) is 0.125. The molecule has 8 nitrogen and oxygen atoms in total. The van der Waals surface area contributed by atoms with E-state index in [2.05, 4.69) is 17.5 Å². The van der Waals surface area contributed by atoms with E-state index in [1.165, 1.54) is 6.92 Å². The van der Waals surface area contributed by atoms with E-state index in [4.69, 9.17) is 5.73 Å². The van der Waals surface area contributed by atoms with Crippen LogP contribution in [-0.4, -0.2) is 15.0 Å². The second-order valence-electron chi connectivity index (χ2n) is 3.14. The number of nitrogens with zero attached hydrogens (tertiary/aromatic N) is 2. The predicted molar refractivity (Wildman–Crippen MR) is 64.9 cm³/mol. The standard InChI is InChI=1S/C8H8N4O4S/c1-4-6(11(13)14)2-5(10-8(9)17)3-7(4)12(15)16/h2-3H,1H3,(H3,9,10,17). The summed E-state index contributed by atoms with van der Waals surface area (Å²) in [4.78, 5) is 20.0. The molecule has 1 aromatic carbocycles. The molecule has 1 aromatic rings. The highest BCUT2D eigenvalue weighted by Crippen LogP contribution is 2.31. The molecule has 0 saturated heterocycles. The third kappa shape index (κ3) is 2.84. The third-order valence-corrected chi connectivity index (χ3v) is 2.12. The number of benzene rings is 1. The van der Waals surface area contributed by atoms with Crippen molar-refractivity contribution in [3.05, 3.63) is 37.9 Å². The second kappa shape index (κ2) is 4.70. The molecular formula is C8H8N4O4S. The van der Waals surface area contributed by atoms with E-state index in [1.807, 2.05) is 0 Å². The maximum absolute atomic E-state index is 10.7. The average Bonchev–Trinajstić information content (AvgIpc) is 2.18. The number of anilines is 1. The Morgan fingerprint density at radius 1 is 1.29 bits per heavy atom. The van der Waals surface area contributed by atoms with Crippen LogP contribution in [0.4, 0.5) is 17.1 Å². The average molecular weight is 256 g/mol. The van der Waals surface area contributed by atoms with E-state index in [1.54, 1.807) is 0 Å². The molecule has 3 N–H and O–H groups in total. The summed E-state index contributed by atoms with van der Waals surface area (Å²) in [6.45, 7) is 1.31. The second-order valence-corrected chi connectivity index (χ2v) is 3.58. The highest BCUT2D eigenvalue weighted by Gasteiger charge is 2.23. The van der Waals surface area contributed by atoms with Crippen molar-refractivity contribution in [2.75, 3.05) is 5.32 Å². The van der Waals surface area contributed by atoms with E-state index in [-0.39, 0.29) is 27.7 Å². The van der Waals surface area contributed by atoms with Crippen LogP contribution in [0.1, 0.15) is 5.56 Å². The highest BCUT2D eigenvalue weighted by molar-refractivity contribution is 7.80. The van der Waals surface area contributed by atoms with Crippen LogP contribution in [0.15, 0.2) is 12.1 Å². The largest absolute Gasteiger partial charge is 0.376 e. The van der Waals surface area contributed by atoms with Crippen LogP contribution in [0.2, 0.25) is 0 Å². The van der Waals surface area contributed by atoms with Gasteiger partial charge >= 0.3 is 0 Å². The minimum Gasteiger partial charge on any atom is -0.376 e. The number of hydrogen-bond acceptors (Lipinski definition) is 5. The van der Waals surface area contributed by atoms with Crippen molar-refractivity contribution in [1.29, 1.82) is 0 Å². The quantitative estimate of drug-likeness (QED) is 0.476. The molecule has 90 valence electrons. The van der Waals surface area contributed by atoms with Crippen molar-refractivity contribution >= 4 is 34.4 Å². The molecule has 0 aromatic heterocycles. The number of nitro groups is 2. The Kier molecular flexibility index (Phi) is 3.53. The van der Waals surface area contributed by atoms with E-state index in [9.17, 15) is 20.2 Å². The molecule has 9 heteroatoms. The van der Waals surface area contributed by atoms with Gasteiger partial charge in [-0.25, -0.2) is 0 Å². The van der Waals surface area contributed by atoms with Crippen LogP contribution in [0.5, 0.6) is 0 Å². The van der Waals surface area contributed by atoms with Crippen LogP contribution in [0.3, 0.4) is 0 Å². The zero-order valence-electron chi connectivity index (χ0n) is 8.67. The van der Waals surface area contributed by atoms with Crippen molar-refractivity contribution in [3.8, 4) is 0 Å². The summed E-state index contributed by atoms with van der Waals surface area (Å²) in [5, 5.41) is 23.7. The normalized spacial score (nSPS) is 9.71. The Morgan fingerprint density at radius 2 is 1.71 bits per heavy atom. The van der Waals surface area contributed by atoms with Crippen molar-refractivity contribution in [2.24, 2.45) is 5.73 Å². The number of nitro benzene ring substituents is 2. The molecular weight excluding hydrogens is 248 g/mol. The molecule has 0 amide bonds. The molecule has 0 spiro atoms. The lowest BCUT2D eigenvalue weighted by Crippen LogP contribution is -2.19. The monoisotopic (exact) mass is 256 g/mol. The Balaban J connectivity index is 3.41. The summed E-state index contributed by atoms with van der Waals surface area (Å²) < 4.78 is 0. The Morgan fingerprint density at radius 3 is 2.00 bits per heavy atom. The first-order valence-electron chi connectivity index (χ1n) is 4.33. The predicted octanol–water partition coefficient (Wildman–Crippen LogP) is 1.47. The molecule has 0 aliphatic rings. The summed E-state index contributed by atoms with van der Waals surface area (Å²) in [5.74, 6) is 0. The minimum absolute atomic E-state index is 0.0199. The van der Waals surface area contributed by atoms with Crippen molar-refractivity contribution in [2.45, 2.75) is 6.92 Å². The molecule has 0 saturated carbocycles. The van der Waals surface area contributed by atoms with Gasteiger partial charge in [0.25, 0.3) is 11.4 Å². The van der Waals surface area contributed by atoms with Gasteiger partial charge in [-0.2, -0.15) is 0 Å². The Bertz CT molecular complexity index is 481. The van der Waals surface area contributed by atoms with E-state index in [0.717, 1.165) is 12.1 Å². The number of thiocarbonyl (C=S) groups is 1. The molecule has 1 rings (SSSR count). The van der Waals surface area contributed by atoms with Gasteiger partial charge in [-0.05, 0) is 19.1 Å². The van der Waals surface area contributed by atoms with Crippen LogP contribution in [0, 0.1) is 27.2 Å². The molecule has 0 aliphatic heterocycles. The maximum atomic E-state index is 10.7. The Labute approximate surface area is 101 Å². The van der Waals surface area contributed by atoms with Gasteiger partial charge in [-0.3, -0.25) is 20.2 Å². The topological polar surface area (TPSA) is 124 Å². The van der Waals surface area contributed by atoms with Crippen LogP contribution < -0.4 is 11.1 Å². The van der Waals surface area contributed by atoms with Crippen molar-refractivity contribution in [3.63, 3.8) is 0 Å². The molecule has 0 radical (unpaired) electrons. The summed E-state index contributed by atoms with van der Waals surface area (Å²) in [5.41, 5.74) is 4.56. The van der Waals surface area contributed by atoms with Crippen LogP contribution >= 0.6 is 12.2 Å².